The molecule has 0 heterocycles. The van der Waals surface area contributed by atoms with Crippen LogP contribution in [0.4, 0.5) is 0 Å². The highest BCUT2D eigenvalue weighted by atomic mass is 16.4. The van der Waals surface area contributed by atoms with Crippen LogP contribution < -0.4 is 11.1 Å². The third kappa shape index (κ3) is 10.4. The van der Waals surface area contributed by atoms with Gasteiger partial charge in [0, 0.05) is 12.1 Å². The van der Waals surface area contributed by atoms with Gasteiger partial charge in [-0.3, -0.25) is 0 Å². The second-order valence-corrected chi connectivity index (χ2v) is 4.60. The lowest BCUT2D eigenvalue weighted by molar-refractivity contribution is 0.287. The Morgan fingerprint density at radius 2 is 1.88 bits per heavy atom. The fourth-order valence-corrected chi connectivity index (χ4v) is 1.56. The van der Waals surface area contributed by atoms with Gasteiger partial charge in [-0.1, -0.05) is 12.8 Å². The molecule has 5 nitrogen and oxygen atoms in total. The highest BCUT2D eigenvalue weighted by Gasteiger charge is 2.17. The number of hydrogen-bond acceptors (Lipinski definition) is 5. The van der Waals surface area contributed by atoms with Crippen molar-refractivity contribution in [1.29, 1.82) is 0 Å². The zero-order chi connectivity index (χ0) is 12.4. The zero-order valence-corrected chi connectivity index (χ0v) is 10.2. The molecule has 1 unspecified atom stereocenters. The number of unbranched alkanes of at least 4 members (excludes halogenated alkanes) is 1. The minimum Gasteiger partial charge on any atom is -0.427 e. The van der Waals surface area contributed by atoms with Crippen molar-refractivity contribution in [3.63, 3.8) is 0 Å². The number of hydrogen-bond donors (Lipinski definition) is 5. The summed E-state index contributed by atoms with van der Waals surface area (Å²) < 4.78 is 0. The van der Waals surface area contributed by atoms with E-state index in [9.17, 15) is 0 Å². The van der Waals surface area contributed by atoms with Crippen LogP contribution in [0.25, 0.3) is 0 Å². The Morgan fingerprint density at radius 1 is 1.19 bits per heavy atom. The summed E-state index contributed by atoms with van der Waals surface area (Å²) >= 11 is 0. The molecule has 0 aliphatic carbocycles. The van der Waals surface area contributed by atoms with Crippen molar-refractivity contribution in [2.24, 2.45) is 5.73 Å². The lowest BCUT2D eigenvalue weighted by Gasteiger charge is -2.24. The van der Waals surface area contributed by atoms with Gasteiger partial charge in [-0.2, -0.15) is 0 Å². The number of nitrogens with two attached hydrogens (primary N) is 1. The number of aliphatic hydroxyl groups is 1. The molecular formula is C10H25BN2O3. The van der Waals surface area contributed by atoms with Crippen molar-refractivity contribution < 1.29 is 15.2 Å². The molecule has 0 amide bonds. The molecule has 0 aromatic rings. The van der Waals surface area contributed by atoms with Crippen LogP contribution in [-0.4, -0.2) is 47.5 Å². The van der Waals surface area contributed by atoms with Crippen molar-refractivity contribution in [3.8, 4) is 0 Å². The SMILES string of the molecule is CC(N)(CCCCB(O)O)CCNCCO. The fourth-order valence-electron chi connectivity index (χ4n) is 1.56. The lowest BCUT2D eigenvalue weighted by atomic mass is 9.82. The summed E-state index contributed by atoms with van der Waals surface area (Å²) in [6.45, 7) is 3.56. The Kier molecular flexibility index (Phi) is 8.88. The van der Waals surface area contributed by atoms with Crippen LogP contribution in [0.15, 0.2) is 0 Å². The van der Waals surface area contributed by atoms with E-state index in [1.165, 1.54) is 0 Å². The van der Waals surface area contributed by atoms with Gasteiger partial charge in [0.1, 0.15) is 0 Å². The number of aliphatic hydroxyl groups excluding tert-OH is 1. The smallest absolute Gasteiger partial charge is 0.427 e. The van der Waals surface area contributed by atoms with Crippen LogP contribution in [-0.2, 0) is 0 Å². The first-order valence-corrected chi connectivity index (χ1v) is 5.94. The van der Waals surface area contributed by atoms with E-state index < -0.39 is 7.12 Å². The first-order valence-electron chi connectivity index (χ1n) is 5.94. The monoisotopic (exact) mass is 232 g/mol. The molecule has 0 aromatic carbocycles. The lowest BCUT2D eigenvalue weighted by Crippen LogP contribution is -2.39. The molecule has 0 bridgehead atoms. The van der Waals surface area contributed by atoms with Crippen LogP contribution in [0.1, 0.15) is 32.6 Å². The molecule has 96 valence electrons. The average Bonchev–Trinajstić information content (AvgIpc) is 2.19. The van der Waals surface area contributed by atoms with Gasteiger partial charge in [0.2, 0.25) is 0 Å². The molecule has 0 saturated carbocycles. The Hall–Kier alpha value is -0.135. The second-order valence-electron chi connectivity index (χ2n) is 4.60. The predicted octanol–water partition coefficient (Wildman–Crippen LogP) is -0.681. The normalized spacial score (nSPS) is 14.8. The summed E-state index contributed by atoms with van der Waals surface area (Å²) in [6, 6.07) is 0. The maximum Gasteiger partial charge on any atom is 0.451 e. The maximum absolute atomic E-state index is 8.67. The van der Waals surface area contributed by atoms with Gasteiger partial charge in [0.15, 0.2) is 0 Å². The van der Waals surface area contributed by atoms with E-state index in [1.54, 1.807) is 0 Å². The maximum atomic E-state index is 8.67. The average molecular weight is 232 g/mol. The molecular weight excluding hydrogens is 207 g/mol. The Bertz CT molecular complexity index is 168. The molecule has 6 heteroatoms. The highest BCUT2D eigenvalue weighted by molar-refractivity contribution is 6.40. The first-order chi connectivity index (χ1) is 7.48. The van der Waals surface area contributed by atoms with Crippen LogP contribution in [0.3, 0.4) is 0 Å². The Morgan fingerprint density at radius 3 is 2.44 bits per heavy atom. The third-order valence-corrected chi connectivity index (χ3v) is 2.62. The minimum absolute atomic E-state index is 0.148. The molecule has 0 aliphatic rings. The molecule has 0 aliphatic heterocycles. The Labute approximate surface area is 98.2 Å². The summed E-state index contributed by atoms with van der Waals surface area (Å²) in [5.74, 6) is 0. The minimum atomic E-state index is -1.20. The van der Waals surface area contributed by atoms with Crippen LogP contribution in [0.2, 0.25) is 6.32 Å². The standard InChI is InChI=1S/C10H25BN2O3/c1-10(12,5-7-13-8-9-14)4-2-3-6-11(15)16/h13-16H,2-9,12H2,1H3. The second kappa shape index (κ2) is 8.95. The van der Waals surface area contributed by atoms with Crippen molar-refractivity contribution in [2.45, 2.75) is 44.5 Å². The summed E-state index contributed by atoms with van der Waals surface area (Å²) in [5, 5.41) is 29.0. The largest absolute Gasteiger partial charge is 0.451 e. The zero-order valence-electron chi connectivity index (χ0n) is 10.2. The van der Waals surface area contributed by atoms with Crippen molar-refractivity contribution in [1.82, 2.24) is 5.32 Å². The Balaban J connectivity index is 3.46. The molecule has 0 fully saturated rings. The molecule has 0 aromatic heterocycles. The molecule has 0 rings (SSSR count). The van der Waals surface area contributed by atoms with Gasteiger partial charge in [0.05, 0.1) is 6.61 Å². The van der Waals surface area contributed by atoms with E-state index in [1.807, 2.05) is 6.92 Å². The van der Waals surface area contributed by atoms with Crippen LogP contribution >= 0.6 is 0 Å². The molecule has 16 heavy (non-hydrogen) atoms. The van der Waals surface area contributed by atoms with Gasteiger partial charge in [-0.25, -0.2) is 0 Å². The van der Waals surface area contributed by atoms with E-state index in [2.05, 4.69) is 5.32 Å². The fraction of sp³-hybridized carbons (Fsp3) is 1.00. The number of nitrogens with one attached hydrogen (secondary N) is 1. The van der Waals surface area contributed by atoms with Gasteiger partial charge < -0.3 is 26.2 Å². The molecule has 1 atom stereocenters. The van der Waals surface area contributed by atoms with E-state index >= 15 is 0 Å². The van der Waals surface area contributed by atoms with Gasteiger partial charge in [-0.15, -0.1) is 0 Å². The molecule has 6 N–H and O–H groups in total. The van der Waals surface area contributed by atoms with Crippen LogP contribution in [0.5, 0.6) is 0 Å². The quantitative estimate of drug-likeness (QED) is 0.254. The van der Waals surface area contributed by atoms with Crippen LogP contribution in [0, 0.1) is 0 Å². The summed E-state index contributed by atoms with van der Waals surface area (Å²) in [6.07, 6.45) is 3.84. The predicted molar refractivity (Wildman–Crippen MR) is 66.0 cm³/mol. The van der Waals surface area contributed by atoms with E-state index in [4.69, 9.17) is 20.9 Å². The van der Waals surface area contributed by atoms with E-state index in [0.717, 1.165) is 32.2 Å². The topological polar surface area (TPSA) is 98.7 Å². The summed E-state index contributed by atoms with van der Waals surface area (Å²) in [4.78, 5) is 0. The number of rotatable bonds is 10. The van der Waals surface area contributed by atoms with E-state index in [-0.39, 0.29) is 12.1 Å². The van der Waals surface area contributed by atoms with Gasteiger partial charge >= 0.3 is 7.12 Å². The highest BCUT2D eigenvalue weighted by Crippen LogP contribution is 2.15. The molecule has 0 spiro atoms. The molecule has 0 radical (unpaired) electrons. The van der Waals surface area contributed by atoms with Gasteiger partial charge in [0.25, 0.3) is 0 Å². The van der Waals surface area contributed by atoms with Crippen molar-refractivity contribution in [3.05, 3.63) is 0 Å². The summed E-state index contributed by atoms with van der Waals surface area (Å²) in [7, 11) is -1.20. The summed E-state index contributed by atoms with van der Waals surface area (Å²) in [5.41, 5.74) is 5.87. The van der Waals surface area contributed by atoms with E-state index in [0.29, 0.717) is 12.9 Å². The first kappa shape index (κ1) is 15.9. The van der Waals surface area contributed by atoms with Crippen molar-refractivity contribution >= 4 is 7.12 Å². The van der Waals surface area contributed by atoms with Crippen molar-refractivity contribution in [2.75, 3.05) is 19.7 Å². The molecule has 0 saturated heterocycles. The van der Waals surface area contributed by atoms with Gasteiger partial charge in [-0.05, 0) is 32.6 Å². The third-order valence-electron chi connectivity index (χ3n) is 2.62.